The van der Waals surface area contributed by atoms with Crippen molar-refractivity contribution in [2.45, 2.75) is 25.7 Å². The van der Waals surface area contributed by atoms with Crippen LogP contribution in [0.2, 0.25) is 0 Å². The number of amides is 1. The van der Waals surface area contributed by atoms with Crippen LogP contribution in [0, 0.1) is 0 Å². The van der Waals surface area contributed by atoms with Gasteiger partial charge in [0.05, 0.1) is 5.39 Å². The van der Waals surface area contributed by atoms with Crippen molar-refractivity contribution < 1.29 is 14.3 Å². The van der Waals surface area contributed by atoms with Gasteiger partial charge in [0.2, 0.25) is 0 Å². The summed E-state index contributed by atoms with van der Waals surface area (Å²) in [4.78, 5) is 23.8. The summed E-state index contributed by atoms with van der Waals surface area (Å²) in [5.74, 6) is -0.339. The fourth-order valence-corrected chi connectivity index (χ4v) is 2.10. The smallest absolute Gasteiger partial charge is 0.287 e. The summed E-state index contributed by atoms with van der Waals surface area (Å²) in [5, 5.41) is 11.9. The number of benzene rings is 1. The highest BCUT2D eigenvalue weighted by atomic mass is 16.3. The molecule has 5 nitrogen and oxygen atoms in total. The number of carbonyl (C=O) groups excluding carboxylic acids is 1. The largest absolute Gasteiger partial charge is 0.451 e. The molecule has 0 aliphatic carbocycles. The SMILES string of the molecule is O=C(NCCCCCCO)c1cc(=O)c2ccccc2o1. The molecule has 0 aliphatic heterocycles. The van der Waals surface area contributed by atoms with Crippen molar-refractivity contribution in [1.82, 2.24) is 5.32 Å². The predicted octanol–water partition coefficient (Wildman–Crippen LogP) is 2.08. The van der Waals surface area contributed by atoms with E-state index in [1.165, 1.54) is 6.07 Å². The Bertz CT molecular complexity index is 663. The van der Waals surface area contributed by atoms with Crippen LogP contribution in [0.4, 0.5) is 0 Å². The third-order valence-corrected chi connectivity index (χ3v) is 3.23. The van der Waals surface area contributed by atoms with Crippen LogP contribution in [0.15, 0.2) is 39.5 Å². The summed E-state index contributed by atoms with van der Waals surface area (Å²) in [7, 11) is 0. The Morgan fingerprint density at radius 3 is 2.71 bits per heavy atom. The van der Waals surface area contributed by atoms with Gasteiger partial charge in [-0.05, 0) is 25.0 Å². The predicted molar refractivity (Wildman–Crippen MR) is 80.4 cm³/mol. The number of rotatable bonds is 7. The van der Waals surface area contributed by atoms with Crippen molar-refractivity contribution in [3.63, 3.8) is 0 Å². The molecule has 0 unspecified atom stereocenters. The Hall–Kier alpha value is -2.14. The van der Waals surface area contributed by atoms with Gasteiger partial charge in [-0.1, -0.05) is 25.0 Å². The lowest BCUT2D eigenvalue weighted by molar-refractivity contribution is 0.0925. The molecule has 0 radical (unpaired) electrons. The standard InChI is InChI=1S/C16H19NO4/c18-10-6-2-1-5-9-17-16(20)15-11-13(19)12-7-3-4-8-14(12)21-15/h3-4,7-8,11,18H,1-2,5-6,9-10H2,(H,17,20). The molecular formula is C16H19NO4. The van der Waals surface area contributed by atoms with Crippen LogP contribution in [-0.2, 0) is 0 Å². The maximum atomic E-state index is 11.9. The van der Waals surface area contributed by atoms with Crippen LogP contribution >= 0.6 is 0 Å². The topological polar surface area (TPSA) is 79.5 Å². The van der Waals surface area contributed by atoms with Gasteiger partial charge in [0, 0.05) is 19.2 Å². The Labute approximate surface area is 122 Å². The van der Waals surface area contributed by atoms with E-state index in [-0.39, 0.29) is 23.7 Å². The molecule has 112 valence electrons. The third-order valence-electron chi connectivity index (χ3n) is 3.23. The summed E-state index contributed by atoms with van der Waals surface area (Å²) in [6.07, 6.45) is 3.51. The van der Waals surface area contributed by atoms with Gasteiger partial charge in [0.1, 0.15) is 5.58 Å². The summed E-state index contributed by atoms with van der Waals surface area (Å²) >= 11 is 0. The molecule has 0 fully saturated rings. The second-order valence-corrected chi connectivity index (χ2v) is 4.86. The monoisotopic (exact) mass is 289 g/mol. The molecule has 2 rings (SSSR count). The zero-order chi connectivity index (χ0) is 15.1. The molecule has 1 aromatic heterocycles. The van der Waals surface area contributed by atoms with Gasteiger partial charge < -0.3 is 14.8 Å². The van der Waals surface area contributed by atoms with Crippen molar-refractivity contribution in [2.24, 2.45) is 0 Å². The molecule has 0 saturated carbocycles. The van der Waals surface area contributed by atoms with E-state index in [0.717, 1.165) is 25.7 Å². The third kappa shape index (κ3) is 4.16. The second-order valence-electron chi connectivity index (χ2n) is 4.86. The zero-order valence-electron chi connectivity index (χ0n) is 11.8. The Morgan fingerprint density at radius 1 is 1.14 bits per heavy atom. The fraction of sp³-hybridized carbons (Fsp3) is 0.375. The van der Waals surface area contributed by atoms with Crippen molar-refractivity contribution in [3.8, 4) is 0 Å². The van der Waals surface area contributed by atoms with E-state index in [0.29, 0.717) is 17.5 Å². The molecule has 0 bridgehead atoms. The fourth-order valence-electron chi connectivity index (χ4n) is 2.10. The number of hydrogen-bond acceptors (Lipinski definition) is 4. The zero-order valence-corrected chi connectivity index (χ0v) is 11.8. The summed E-state index contributed by atoms with van der Waals surface area (Å²) < 4.78 is 5.45. The molecule has 0 aliphatic rings. The van der Waals surface area contributed by atoms with E-state index in [1.807, 2.05) is 0 Å². The number of carbonyl (C=O) groups is 1. The number of para-hydroxylation sites is 1. The molecule has 1 heterocycles. The summed E-state index contributed by atoms with van der Waals surface area (Å²) in [6, 6.07) is 8.08. The average molecular weight is 289 g/mol. The number of nitrogens with one attached hydrogen (secondary N) is 1. The highest BCUT2D eigenvalue weighted by molar-refractivity contribution is 5.93. The van der Waals surface area contributed by atoms with E-state index in [2.05, 4.69) is 5.32 Å². The Kier molecular flexibility index (Phi) is 5.51. The van der Waals surface area contributed by atoms with Gasteiger partial charge in [0.15, 0.2) is 11.2 Å². The molecule has 0 spiro atoms. The van der Waals surface area contributed by atoms with Crippen LogP contribution in [0.1, 0.15) is 36.2 Å². The van der Waals surface area contributed by atoms with Gasteiger partial charge >= 0.3 is 0 Å². The van der Waals surface area contributed by atoms with Crippen molar-refractivity contribution in [2.75, 3.05) is 13.2 Å². The lowest BCUT2D eigenvalue weighted by Crippen LogP contribution is -2.25. The van der Waals surface area contributed by atoms with Gasteiger partial charge in [-0.2, -0.15) is 0 Å². The first-order valence-electron chi connectivity index (χ1n) is 7.14. The Morgan fingerprint density at radius 2 is 1.90 bits per heavy atom. The van der Waals surface area contributed by atoms with Crippen LogP contribution in [-0.4, -0.2) is 24.2 Å². The minimum Gasteiger partial charge on any atom is -0.451 e. The molecule has 2 aromatic rings. The average Bonchev–Trinajstić information content (AvgIpc) is 2.50. The first-order valence-corrected chi connectivity index (χ1v) is 7.14. The normalized spacial score (nSPS) is 10.7. The van der Waals surface area contributed by atoms with Crippen LogP contribution in [0.5, 0.6) is 0 Å². The number of unbranched alkanes of at least 4 members (excludes halogenated alkanes) is 3. The van der Waals surface area contributed by atoms with Gasteiger partial charge in [-0.15, -0.1) is 0 Å². The van der Waals surface area contributed by atoms with E-state index in [1.54, 1.807) is 24.3 Å². The van der Waals surface area contributed by atoms with Crippen molar-refractivity contribution in [3.05, 3.63) is 46.3 Å². The van der Waals surface area contributed by atoms with E-state index in [9.17, 15) is 9.59 Å². The molecule has 0 saturated heterocycles. The van der Waals surface area contributed by atoms with Gasteiger partial charge in [0.25, 0.3) is 5.91 Å². The van der Waals surface area contributed by atoms with Crippen molar-refractivity contribution in [1.29, 1.82) is 0 Å². The van der Waals surface area contributed by atoms with Crippen LogP contribution in [0.3, 0.4) is 0 Å². The quantitative estimate of drug-likeness (QED) is 0.765. The van der Waals surface area contributed by atoms with E-state index in [4.69, 9.17) is 9.52 Å². The highest BCUT2D eigenvalue weighted by Crippen LogP contribution is 2.11. The number of fused-ring (bicyclic) bond motifs is 1. The first kappa shape index (κ1) is 15.3. The second kappa shape index (κ2) is 7.59. The van der Waals surface area contributed by atoms with Crippen molar-refractivity contribution >= 4 is 16.9 Å². The number of aliphatic hydroxyl groups is 1. The van der Waals surface area contributed by atoms with Crippen LogP contribution < -0.4 is 10.7 Å². The molecular weight excluding hydrogens is 270 g/mol. The van der Waals surface area contributed by atoms with Gasteiger partial charge in [-0.3, -0.25) is 9.59 Å². The Balaban J connectivity index is 1.95. The minimum absolute atomic E-state index is 0.0362. The molecule has 1 aromatic carbocycles. The highest BCUT2D eigenvalue weighted by Gasteiger charge is 2.11. The molecule has 21 heavy (non-hydrogen) atoms. The number of hydrogen-bond donors (Lipinski definition) is 2. The number of aliphatic hydroxyl groups excluding tert-OH is 1. The lowest BCUT2D eigenvalue weighted by atomic mass is 10.2. The lowest BCUT2D eigenvalue weighted by Gasteiger charge is -2.05. The maximum Gasteiger partial charge on any atom is 0.287 e. The summed E-state index contributed by atoms with van der Waals surface area (Å²) in [5.41, 5.74) is 0.197. The van der Waals surface area contributed by atoms with Crippen LogP contribution in [0.25, 0.3) is 11.0 Å². The maximum absolute atomic E-state index is 11.9. The summed E-state index contributed by atoms with van der Waals surface area (Å²) in [6.45, 7) is 0.732. The first-order chi connectivity index (χ1) is 10.2. The molecule has 5 heteroatoms. The van der Waals surface area contributed by atoms with E-state index >= 15 is 0 Å². The van der Waals surface area contributed by atoms with Gasteiger partial charge in [-0.25, -0.2) is 0 Å². The molecule has 0 atom stereocenters. The minimum atomic E-state index is -0.375. The molecule has 2 N–H and O–H groups in total. The molecule has 1 amide bonds. The van der Waals surface area contributed by atoms with E-state index < -0.39 is 0 Å².